The van der Waals surface area contributed by atoms with Gasteiger partial charge in [-0.1, -0.05) is 11.8 Å². The molecule has 1 nitrogen and oxygen atoms in total. The molecule has 3 heteroatoms. The second-order valence-electron chi connectivity index (χ2n) is 1.40. The third kappa shape index (κ3) is 1.53. The van der Waals surface area contributed by atoms with E-state index in [2.05, 4.69) is 40.2 Å². The lowest BCUT2D eigenvalue weighted by atomic mass is 10.6. The summed E-state index contributed by atoms with van der Waals surface area (Å²) in [6.07, 6.45) is 0. The van der Waals surface area contributed by atoms with E-state index in [4.69, 9.17) is 0 Å². The Balaban J connectivity index is 2.42. The Kier molecular flexibility index (Phi) is 1.86. The van der Waals surface area contributed by atoms with Crippen LogP contribution in [0.1, 0.15) is 6.92 Å². The smallest absolute Gasteiger partial charge is 0.129 e. The molecule has 0 saturated carbocycles. The number of alkyl halides is 1. The van der Waals surface area contributed by atoms with Crippen LogP contribution in [0, 0.1) is 0 Å². The summed E-state index contributed by atoms with van der Waals surface area (Å²) in [7, 11) is 0. The van der Waals surface area contributed by atoms with Crippen LogP contribution < -0.4 is 5.32 Å². The Hall–Kier alpha value is 0.620. The van der Waals surface area contributed by atoms with Gasteiger partial charge >= 0.3 is 0 Å². The van der Waals surface area contributed by atoms with Gasteiger partial charge in [0.25, 0.3) is 0 Å². The van der Waals surface area contributed by atoms with Crippen molar-refractivity contribution in [2.75, 3.05) is 0 Å². The van der Waals surface area contributed by atoms with Crippen LogP contribution in [0.3, 0.4) is 0 Å². The normalized spacial score (nSPS) is 29.4. The van der Waals surface area contributed by atoms with Crippen molar-refractivity contribution >= 4 is 34.4 Å². The second-order valence-corrected chi connectivity index (χ2v) is 4.47. The maximum atomic E-state index is 3.23. The van der Waals surface area contributed by atoms with Crippen molar-refractivity contribution in [2.24, 2.45) is 0 Å². The molecule has 0 saturated heterocycles. The van der Waals surface area contributed by atoms with Crippen LogP contribution in [0.25, 0.3) is 0 Å². The lowest BCUT2D eigenvalue weighted by Gasteiger charge is -1.98. The monoisotopic (exact) mass is 227 g/mol. The van der Waals surface area contributed by atoms with Crippen molar-refractivity contribution in [2.45, 2.75) is 10.3 Å². The molecule has 1 aliphatic rings. The highest BCUT2D eigenvalue weighted by molar-refractivity contribution is 14.1. The zero-order valence-electron chi connectivity index (χ0n) is 3.94. The number of hydrogen-bond acceptors (Lipinski definition) is 2. The number of thioether (sulfide) groups is 1. The van der Waals surface area contributed by atoms with Crippen LogP contribution in [0.5, 0.6) is 0 Å². The lowest BCUT2D eigenvalue weighted by Crippen LogP contribution is -2.10. The summed E-state index contributed by atoms with van der Waals surface area (Å²) >= 11 is 4.17. The first-order valence-electron chi connectivity index (χ1n) is 2.02. The largest absolute Gasteiger partial charge is 0.368 e. The number of allylic oxidation sites excluding steroid dienone is 1. The van der Waals surface area contributed by atoms with E-state index in [0.717, 1.165) is 0 Å². The molecule has 1 rings (SSSR count). The average molecular weight is 227 g/mol. The van der Waals surface area contributed by atoms with Crippen molar-refractivity contribution in [3.05, 3.63) is 11.1 Å². The fraction of sp³-hybridized carbons (Fsp3) is 0.500. The molecule has 0 spiro atoms. The minimum absolute atomic E-state index is 0.567. The van der Waals surface area contributed by atoms with Gasteiger partial charge in [0.15, 0.2) is 0 Å². The highest BCUT2D eigenvalue weighted by atomic mass is 127. The molecule has 0 aromatic heterocycles. The van der Waals surface area contributed by atoms with Gasteiger partial charge in [-0.2, -0.15) is 0 Å². The summed E-state index contributed by atoms with van der Waals surface area (Å²) in [5.41, 5.74) is 1.28. The fourth-order valence-electron chi connectivity index (χ4n) is 0.409. The predicted octanol–water partition coefficient (Wildman–Crippen LogP) is 1.90. The van der Waals surface area contributed by atoms with E-state index < -0.39 is 0 Å². The van der Waals surface area contributed by atoms with Crippen molar-refractivity contribution in [3.8, 4) is 0 Å². The fourth-order valence-corrected chi connectivity index (χ4v) is 1.99. The quantitative estimate of drug-likeness (QED) is 0.385. The van der Waals surface area contributed by atoms with Gasteiger partial charge in [0.2, 0.25) is 0 Å². The summed E-state index contributed by atoms with van der Waals surface area (Å²) in [5, 5.41) is 5.36. The third-order valence-electron chi connectivity index (χ3n) is 0.705. The first kappa shape index (κ1) is 5.75. The van der Waals surface area contributed by atoms with E-state index >= 15 is 0 Å². The average Bonchev–Trinajstić information content (AvgIpc) is 1.87. The summed E-state index contributed by atoms with van der Waals surface area (Å²) in [6.45, 7) is 2.08. The van der Waals surface area contributed by atoms with Crippen LogP contribution in [-0.2, 0) is 0 Å². The molecule has 0 bridgehead atoms. The van der Waals surface area contributed by atoms with E-state index in [9.17, 15) is 0 Å². The minimum Gasteiger partial charge on any atom is -0.368 e. The van der Waals surface area contributed by atoms with Gasteiger partial charge in [-0.05, 0) is 34.9 Å². The predicted molar refractivity (Wildman–Crippen MR) is 42.3 cm³/mol. The van der Waals surface area contributed by atoms with Crippen LogP contribution in [0.2, 0.25) is 0 Å². The molecular weight excluding hydrogens is 221 g/mol. The van der Waals surface area contributed by atoms with E-state index in [1.807, 2.05) is 11.8 Å². The molecule has 0 fully saturated rings. The van der Waals surface area contributed by atoms with Crippen molar-refractivity contribution in [1.29, 1.82) is 0 Å². The SMILES string of the molecule is CC1=CSC(I)N1. The van der Waals surface area contributed by atoms with Crippen molar-refractivity contribution < 1.29 is 0 Å². The van der Waals surface area contributed by atoms with Crippen LogP contribution in [-0.4, -0.2) is 3.38 Å². The van der Waals surface area contributed by atoms with Gasteiger partial charge in [0.1, 0.15) is 3.38 Å². The Morgan fingerprint density at radius 1 is 2.00 bits per heavy atom. The van der Waals surface area contributed by atoms with Crippen LogP contribution in [0.15, 0.2) is 11.1 Å². The van der Waals surface area contributed by atoms with E-state index in [1.165, 1.54) is 5.70 Å². The molecule has 1 heterocycles. The second kappa shape index (κ2) is 2.26. The van der Waals surface area contributed by atoms with E-state index in [-0.39, 0.29) is 0 Å². The Bertz CT molecular complexity index is 102. The highest BCUT2D eigenvalue weighted by Crippen LogP contribution is 2.24. The zero-order valence-corrected chi connectivity index (χ0v) is 6.91. The summed E-state index contributed by atoms with van der Waals surface area (Å²) < 4.78 is 0.567. The maximum Gasteiger partial charge on any atom is 0.129 e. The molecule has 1 aliphatic heterocycles. The van der Waals surface area contributed by atoms with Gasteiger partial charge in [-0.3, -0.25) is 0 Å². The first-order chi connectivity index (χ1) is 3.29. The number of nitrogens with one attached hydrogen (secondary N) is 1. The molecule has 0 amide bonds. The maximum absolute atomic E-state index is 3.23. The Morgan fingerprint density at radius 2 is 2.71 bits per heavy atom. The molecule has 40 valence electrons. The standard InChI is InChI=1S/C4H6INS/c1-3-2-7-4(5)6-3/h2,4,6H,1H3. The number of hydrogen-bond donors (Lipinski definition) is 1. The molecule has 0 radical (unpaired) electrons. The number of halogens is 1. The zero-order chi connectivity index (χ0) is 5.28. The topological polar surface area (TPSA) is 12.0 Å². The Morgan fingerprint density at radius 3 is 2.86 bits per heavy atom. The number of rotatable bonds is 0. The van der Waals surface area contributed by atoms with Gasteiger partial charge in [-0.15, -0.1) is 0 Å². The molecule has 1 unspecified atom stereocenters. The minimum atomic E-state index is 0.567. The first-order valence-corrected chi connectivity index (χ1v) is 4.21. The van der Waals surface area contributed by atoms with Gasteiger partial charge in [-0.25, -0.2) is 0 Å². The molecule has 1 N–H and O–H groups in total. The van der Waals surface area contributed by atoms with Crippen molar-refractivity contribution in [1.82, 2.24) is 5.32 Å². The highest BCUT2D eigenvalue weighted by Gasteiger charge is 2.06. The van der Waals surface area contributed by atoms with Gasteiger partial charge < -0.3 is 5.32 Å². The van der Waals surface area contributed by atoms with Crippen molar-refractivity contribution in [3.63, 3.8) is 0 Å². The molecule has 1 atom stereocenters. The van der Waals surface area contributed by atoms with Gasteiger partial charge in [0, 0.05) is 5.70 Å². The third-order valence-corrected chi connectivity index (χ3v) is 2.74. The molecule has 0 aromatic carbocycles. The summed E-state index contributed by atoms with van der Waals surface area (Å²) in [5.74, 6) is 0. The van der Waals surface area contributed by atoms with E-state index in [0.29, 0.717) is 3.38 Å². The summed E-state index contributed by atoms with van der Waals surface area (Å²) in [6, 6.07) is 0. The van der Waals surface area contributed by atoms with Crippen LogP contribution >= 0.6 is 34.4 Å². The van der Waals surface area contributed by atoms with Crippen LogP contribution in [0.4, 0.5) is 0 Å². The summed E-state index contributed by atoms with van der Waals surface area (Å²) in [4.78, 5) is 0. The molecule has 0 aliphatic carbocycles. The molecule has 7 heavy (non-hydrogen) atoms. The lowest BCUT2D eigenvalue weighted by molar-refractivity contribution is 0.963. The van der Waals surface area contributed by atoms with E-state index in [1.54, 1.807) is 0 Å². The Labute approximate surface area is 61.1 Å². The van der Waals surface area contributed by atoms with Gasteiger partial charge in [0.05, 0.1) is 0 Å². The molecule has 0 aromatic rings. The molecular formula is C4H6INS.